The first-order valence-electron chi connectivity index (χ1n) is 5.18. The second kappa shape index (κ2) is 3.31. The van der Waals surface area contributed by atoms with Crippen LogP contribution in [0.1, 0.15) is 6.92 Å². The van der Waals surface area contributed by atoms with Gasteiger partial charge in [-0.15, -0.1) is 0 Å². The summed E-state index contributed by atoms with van der Waals surface area (Å²) in [6, 6.07) is 13.0. The fourth-order valence-corrected chi connectivity index (χ4v) is 3.01. The Hall–Kier alpha value is -1.41. The van der Waals surface area contributed by atoms with Crippen LogP contribution in [0.15, 0.2) is 41.9 Å². The lowest BCUT2D eigenvalue weighted by Gasteiger charge is -1.96. The van der Waals surface area contributed by atoms with E-state index in [0.717, 1.165) is 6.54 Å². The summed E-state index contributed by atoms with van der Waals surface area (Å²) in [5.41, 5.74) is 3.58. The van der Waals surface area contributed by atoms with Crippen LogP contribution in [0.2, 0.25) is 0 Å². The van der Waals surface area contributed by atoms with Gasteiger partial charge in [-0.05, 0) is 24.4 Å². The van der Waals surface area contributed by atoms with Crippen molar-refractivity contribution in [2.45, 2.75) is 13.5 Å². The van der Waals surface area contributed by atoms with Gasteiger partial charge in [0.15, 0.2) is 0 Å². The monoisotopic (exact) mass is 214 g/mol. The van der Waals surface area contributed by atoms with Gasteiger partial charge in [0.1, 0.15) is 11.2 Å². The molecule has 1 aromatic heterocycles. The molecule has 2 aromatic carbocycles. The van der Waals surface area contributed by atoms with Crippen molar-refractivity contribution in [3.63, 3.8) is 0 Å². The van der Waals surface area contributed by atoms with Gasteiger partial charge in [0.05, 0.1) is 5.39 Å². The zero-order chi connectivity index (χ0) is 10.3. The number of thiazole rings is 1. The number of hydrogen-bond acceptors (Lipinski definition) is 1. The van der Waals surface area contributed by atoms with Gasteiger partial charge in [0, 0.05) is 0 Å². The third-order valence-electron chi connectivity index (χ3n) is 2.80. The molecule has 1 nitrogen and oxygen atoms in total. The highest BCUT2D eigenvalue weighted by atomic mass is 32.1. The van der Waals surface area contributed by atoms with Gasteiger partial charge >= 0.3 is 0 Å². The molecule has 0 radical (unpaired) electrons. The maximum absolute atomic E-state index is 2.32. The Labute approximate surface area is 92.6 Å². The van der Waals surface area contributed by atoms with Crippen LogP contribution in [0.25, 0.3) is 21.0 Å². The fourth-order valence-electron chi connectivity index (χ4n) is 2.03. The molecule has 0 atom stereocenters. The average Bonchev–Trinajstić information content (AvgIpc) is 2.72. The summed E-state index contributed by atoms with van der Waals surface area (Å²) < 4.78 is 3.69. The zero-order valence-electron chi connectivity index (χ0n) is 8.60. The van der Waals surface area contributed by atoms with Gasteiger partial charge < -0.3 is 0 Å². The van der Waals surface area contributed by atoms with E-state index in [9.17, 15) is 0 Å². The van der Waals surface area contributed by atoms with Crippen LogP contribution in [0, 0.1) is 0 Å². The lowest BCUT2D eigenvalue weighted by molar-refractivity contribution is -0.662. The van der Waals surface area contributed by atoms with Crippen molar-refractivity contribution >= 4 is 32.3 Å². The SMILES string of the molecule is CC[n+]1csc2ccc3ccccc3c21. The van der Waals surface area contributed by atoms with Crippen molar-refractivity contribution in [1.29, 1.82) is 0 Å². The van der Waals surface area contributed by atoms with Gasteiger partial charge in [-0.2, -0.15) is 4.57 Å². The first-order valence-corrected chi connectivity index (χ1v) is 6.06. The molecule has 0 aliphatic carbocycles. The molecule has 0 unspecified atom stereocenters. The second-order valence-electron chi connectivity index (χ2n) is 3.64. The Kier molecular flexibility index (Phi) is 1.96. The minimum Gasteiger partial charge on any atom is -0.188 e. The van der Waals surface area contributed by atoms with Crippen molar-refractivity contribution in [3.05, 3.63) is 41.9 Å². The Morgan fingerprint density at radius 2 is 2.00 bits per heavy atom. The smallest absolute Gasteiger partial charge is 0.188 e. The number of hydrogen-bond donors (Lipinski definition) is 0. The van der Waals surface area contributed by atoms with Gasteiger partial charge in [0.2, 0.25) is 11.0 Å². The molecule has 3 rings (SSSR count). The molecule has 0 saturated heterocycles. The molecule has 0 fully saturated rings. The Morgan fingerprint density at radius 1 is 1.13 bits per heavy atom. The van der Waals surface area contributed by atoms with E-state index >= 15 is 0 Å². The summed E-state index contributed by atoms with van der Waals surface area (Å²) in [7, 11) is 0. The van der Waals surface area contributed by atoms with Gasteiger partial charge in [-0.1, -0.05) is 35.6 Å². The largest absolute Gasteiger partial charge is 0.231 e. The summed E-state index contributed by atoms with van der Waals surface area (Å²) in [6.45, 7) is 3.22. The fraction of sp³-hybridized carbons (Fsp3) is 0.154. The quantitative estimate of drug-likeness (QED) is 0.547. The first kappa shape index (κ1) is 8.86. The van der Waals surface area contributed by atoms with Crippen LogP contribution in [-0.2, 0) is 6.54 Å². The number of benzene rings is 2. The Bertz CT molecular complexity index is 625. The number of nitrogens with zero attached hydrogens (tertiary/aromatic N) is 1. The average molecular weight is 214 g/mol. The number of aryl methyl sites for hydroxylation is 1. The highest BCUT2D eigenvalue weighted by molar-refractivity contribution is 7.16. The maximum Gasteiger partial charge on any atom is 0.231 e. The van der Waals surface area contributed by atoms with Crippen molar-refractivity contribution < 1.29 is 4.57 Å². The van der Waals surface area contributed by atoms with Crippen LogP contribution < -0.4 is 4.57 Å². The summed E-state index contributed by atoms with van der Waals surface area (Å²) >= 11 is 1.82. The zero-order valence-corrected chi connectivity index (χ0v) is 9.42. The molecule has 0 bridgehead atoms. The molecule has 3 aromatic rings. The molecule has 2 heteroatoms. The Morgan fingerprint density at radius 3 is 2.87 bits per heavy atom. The van der Waals surface area contributed by atoms with E-state index in [0.29, 0.717) is 0 Å². The molecule has 0 aliphatic rings. The van der Waals surface area contributed by atoms with Crippen LogP contribution >= 0.6 is 11.3 Å². The van der Waals surface area contributed by atoms with Crippen molar-refractivity contribution in [2.75, 3.05) is 0 Å². The molecule has 1 heterocycles. The lowest BCUT2D eigenvalue weighted by Crippen LogP contribution is -2.29. The van der Waals surface area contributed by atoms with E-state index in [4.69, 9.17) is 0 Å². The van der Waals surface area contributed by atoms with Crippen LogP contribution in [0.4, 0.5) is 0 Å². The standard InChI is InChI=1S/C13H12NS/c1-2-14-9-15-12-8-7-10-5-3-4-6-11(10)13(12)14/h3-9H,2H2,1H3/q+1. The predicted octanol–water partition coefficient (Wildman–Crippen LogP) is 3.36. The topological polar surface area (TPSA) is 3.88 Å². The van der Waals surface area contributed by atoms with E-state index in [2.05, 4.69) is 53.4 Å². The molecular formula is C13H12NS+. The van der Waals surface area contributed by atoms with Crippen molar-refractivity contribution in [1.82, 2.24) is 0 Å². The summed E-state index contributed by atoms with van der Waals surface area (Å²) in [6.07, 6.45) is 0. The summed E-state index contributed by atoms with van der Waals surface area (Å²) in [4.78, 5) is 0. The minimum absolute atomic E-state index is 1.04. The van der Waals surface area contributed by atoms with Gasteiger partial charge in [-0.3, -0.25) is 0 Å². The van der Waals surface area contributed by atoms with E-state index in [-0.39, 0.29) is 0 Å². The van der Waals surface area contributed by atoms with Gasteiger partial charge in [0.25, 0.3) is 0 Å². The second-order valence-corrected chi connectivity index (χ2v) is 4.53. The number of aromatic nitrogens is 1. The third-order valence-corrected chi connectivity index (χ3v) is 3.74. The molecule has 0 amide bonds. The molecule has 0 N–H and O–H groups in total. The normalized spacial score (nSPS) is 11.3. The molecule has 0 aliphatic heterocycles. The third kappa shape index (κ3) is 1.25. The van der Waals surface area contributed by atoms with Crippen LogP contribution in [0.5, 0.6) is 0 Å². The maximum atomic E-state index is 2.32. The minimum atomic E-state index is 1.04. The predicted molar refractivity (Wildman–Crippen MR) is 65.2 cm³/mol. The molecule has 0 spiro atoms. The lowest BCUT2D eigenvalue weighted by atomic mass is 10.1. The van der Waals surface area contributed by atoms with Crippen LogP contribution in [0.3, 0.4) is 0 Å². The van der Waals surface area contributed by atoms with E-state index in [1.54, 1.807) is 0 Å². The van der Waals surface area contributed by atoms with E-state index < -0.39 is 0 Å². The summed E-state index contributed by atoms with van der Waals surface area (Å²) in [5, 5.41) is 2.68. The molecule has 15 heavy (non-hydrogen) atoms. The number of rotatable bonds is 1. The Balaban J connectivity index is 2.56. The molecule has 0 saturated carbocycles. The van der Waals surface area contributed by atoms with Crippen LogP contribution in [-0.4, -0.2) is 0 Å². The van der Waals surface area contributed by atoms with E-state index in [1.807, 2.05) is 11.3 Å². The summed E-state index contributed by atoms with van der Waals surface area (Å²) in [5.74, 6) is 0. The highest BCUT2D eigenvalue weighted by Gasteiger charge is 2.12. The number of fused-ring (bicyclic) bond motifs is 3. The highest BCUT2D eigenvalue weighted by Crippen LogP contribution is 2.25. The van der Waals surface area contributed by atoms with Crippen molar-refractivity contribution in [3.8, 4) is 0 Å². The van der Waals surface area contributed by atoms with Crippen molar-refractivity contribution in [2.24, 2.45) is 0 Å². The first-order chi connectivity index (χ1) is 7.40. The van der Waals surface area contributed by atoms with Gasteiger partial charge in [-0.25, -0.2) is 0 Å². The molecule has 74 valence electrons. The van der Waals surface area contributed by atoms with E-state index in [1.165, 1.54) is 21.0 Å². The molecular weight excluding hydrogens is 202 g/mol.